The first-order valence-electron chi connectivity index (χ1n) is 6.62. The molecule has 0 aliphatic rings. The molecule has 0 spiro atoms. The fourth-order valence-electron chi connectivity index (χ4n) is 1.87. The number of rotatable bonds is 6. The Hall–Kier alpha value is -3.02. The number of phenolic OH excluding ortho intramolecular Hbond substituents is 1. The lowest BCUT2D eigenvalue weighted by Crippen LogP contribution is -2.25. The van der Waals surface area contributed by atoms with Gasteiger partial charge in [-0.25, -0.2) is 0 Å². The van der Waals surface area contributed by atoms with E-state index in [-0.39, 0.29) is 30.6 Å². The van der Waals surface area contributed by atoms with Crippen LogP contribution in [-0.2, 0) is 11.3 Å². The number of primary amides is 1. The highest BCUT2D eigenvalue weighted by Crippen LogP contribution is 2.18. The van der Waals surface area contributed by atoms with Gasteiger partial charge < -0.3 is 20.9 Å². The zero-order valence-electron chi connectivity index (χ0n) is 11.8. The molecule has 0 saturated heterocycles. The molecule has 0 unspecified atom stereocenters. The van der Waals surface area contributed by atoms with Gasteiger partial charge in [0, 0.05) is 6.54 Å². The quantitative estimate of drug-likeness (QED) is 0.745. The Bertz CT molecular complexity index is 685. The zero-order chi connectivity index (χ0) is 15.9. The average Bonchev–Trinajstić information content (AvgIpc) is 2.51. The van der Waals surface area contributed by atoms with Gasteiger partial charge in [0.15, 0.2) is 6.61 Å². The normalized spacial score (nSPS) is 10.0. The van der Waals surface area contributed by atoms with Crippen molar-refractivity contribution >= 4 is 11.8 Å². The molecule has 0 saturated carbocycles. The molecule has 6 heteroatoms. The third-order valence-electron chi connectivity index (χ3n) is 2.87. The lowest BCUT2D eigenvalue weighted by Gasteiger charge is -2.10. The number of nitrogens with one attached hydrogen (secondary N) is 1. The Labute approximate surface area is 127 Å². The number of nitrogens with two attached hydrogens (primary N) is 1. The van der Waals surface area contributed by atoms with Crippen molar-refractivity contribution in [3.63, 3.8) is 0 Å². The second-order valence-corrected chi connectivity index (χ2v) is 4.60. The van der Waals surface area contributed by atoms with Crippen molar-refractivity contribution in [3.05, 3.63) is 59.7 Å². The number of phenols is 1. The molecule has 0 atom stereocenters. The minimum Gasteiger partial charge on any atom is -0.508 e. The summed E-state index contributed by atoms with van der Waals surface area (Å²) >= 11 is 0. The van der Waals surface area contributed by atoms with E-state index in [9.17, 15) is 14.7 Å². The molecule has 2 aromatic rings. The van der Waals surface area contributed by atoms with Gasteiger partial charge >= 0.3 is 0 Å². The number of ether oxygens (including phenoxy) is 1. The van der Waals surface area contributed by atoms with E-state index in [0.29, 0.717) is 5.56 Å². The minimum atomic E-state index is -0.616. The Kier molecular flexibility index (Phi) is 4.98. The van der Waals surface area contributed by atoms with E-state index in [0.717, 1.165) is 5.56 Å². The highest BCUT2D eigenvalue weighted by atomic mass is 16.5. The van der Waals surface area contributed by atoms with E-state index in [2.05, 4.69) is 5.32 Å². The monoisotopic (exact) mass is 300 g/mol. The van der Waals surface area contributed by atoms with Crippen molar-refractivity contribution in [2.24, 2.45) is 5.73 Å². The minimum absolute atomic E-state index is 0.136. The standard InChI is InChI=1S/C16H16N2O4/c17-15(20)10-22-14-7-2-1-6-13(14)16(21)18-9-11-4-3-5-12(19)8-11/h1-8,19H,9-10H2,(H2,17,20)(H,18,21). The summed E-state index contributed by atoms with van der Waals surface area (Å²) in [5.41, 5.74) is 6.10. The van der Waals surface area contributed by atoms with Crippen LogP contribution in [0.4, 0.5) is 0 Å². The second-order valence-electron chi connectivity index (χ2n) is 4.60. The average molecular weight is 300 g/mol. The predicted molar refractivity (Wildman–Crippen MR) is 80.4 cm³/mol. The maximum absolute atomic E-state index is 12.2. The summed E-state index contributed by atoms with van der Waals surface area (Å²) in [6.45, 7) is -0.0335. The third kappa shape index (κ3) is 4.24. The molecule has 6 nitrogen and oxygen atoms in total. The van der Waals surface area contributed by atoms with Gasteiger partial charge in [-0.15, -0.1) is 0 Å². The molecule has 0 heterocycles. The van der Waals surface area contributed by atoms with E-state index in [1.165, 1.54) is 0 Å². The Morgan fingerprint density at radius 1 is 1.14 bits per heavy atom. The zero-order valence-corrected chi connectivity index (χ0v) is 11.8. The van der Waals surface area contributed by atoms with Crippen molar-refractivity contribution in [1.82, 2.24) is 5.32 Å². The number of aromatic hydroxyl groups is 1. The summed E-state index contributed by atoms with van der Waals surface area (Å²) in [4.78, 5) is 23.0. The molecule has 2 amide bonds. The molecule has 2 aromatic carbocycles. The van der Waals surface area contributed by atoms with Crippen molar-refractivity contribution < 1.29 is 19.4 Å². The van der Waals surface area contributed by atoms with E-state index in [4.69, 9.17) is 10.5 Å². The fourth-order valence-corrected chi connectivity index (χ4v) is 1.87. The van der Waals surface area contributed by atoms with Crippen LogP contribution in [0.3, 0.4) is 0 Å². The number of hydrogen-bond acceptors (Lipinski definition) is 4. The SMILES string of the molecule is NC(=O)COc1ccccc1C(=O)NCc1cccc(O)c1. The van der Waals surface area contributed by atoms with Gasteiger partial charge in [-0.1, -0.05) is 24.3 Å². The summed E-state index contributed by atoms with van der Waals surface area (Å²) < 4.78 is 5.22. The molecule has 4 N–H and O–H groups in total. The van der Waals surface area contributed by atoms with Crippen molar-refractivity contribution in [2.45, 2.75) is 6.54 Å². The molecule has 0 aromatic heterocycles. The highest BCUT2D eigenvalue weighted by Gasteiger charge is 2.12. The lowest BCUT2D eigenvalue weighted by atomic mass is 10.1. The summed E-state index contributed by atoms with van der Waals surface area (Å²) in [7, 11) is 0. The predicted octanol–water partition coefficient (Wildman–Crippen LogP) is 1.19. The van der Waals surface area contributed by atoms with Crippen LogP contribution in [0.1, 0.15) is 15.9 Å². The molecule has 0 fully saturated rings. The Morgan fingerprint density at radius 2 is 1.91 bits per heavy atom. The van der Waals surface area contributed by atoms with Crippen molar-refractivity contribution in [2.75, 3.05) is 6.61 Å². The topological polar surface area (TPSA) is 102 Å². The molecule has 0 aliphatic heterocycles. The number of hydrogen-bond donors (Lipinski definition) is 3. The third-order valence-corrected chi connectivity index (χ3v) is 2.87. The maximum Gasteiger partial charge on any atom is 0.255 e. The van der Waals surface area contributed by atoms with Crippen LogP contribution in [-0.4, -0.2) is 23.5 Å². The van der Waals surface area contributed by atoms with Crippen LogP contribution in [0.15, 0.2) is 48.5 Å². The van der Waals surface area contributed by atoms with Crippen LogP contribution >= 0.6 is 0 Å². The first kappa shape index (κ1) is 15.4. The van der Waals surface area contributed by atoms with Gasteiger partial charge in [0.25, 0.3) is 11.8 Å². The summed E-state index contributed by atoms with van der Waals surface area (Å²) in [6, 6.07) is 13.2. The molecule has 0 radical (unpaired) electrons. The summed E-state index contributed by atoms with van der Waals surface area (Å²) in [5, 5.41) is 12.1. The van der Waals surface area contributed by atoms with Crippen LogP contribution in [0.2, 0.25) is 0 Å². The lowest BCUT2D eigenvalue weighted by molar-refractivity contribution is -0.119. The molecular weight excluding hydrogens is 284 g/mol. The van der Waals surface area contributed by atoms with Crippen LogP contribution in [0.5, 0.6) is 11.5 Å². The number of carbonyl (C=O) groups is 2. The van der Waals surface area contributed by atoms with E-state index >= 15 is 0 Å². The Morgan fingerprint density at radius 3 is 2.64 bits per heavy atom. The first-order valence-corrected chi connectivity index (χ1v) is 6.62. The van der Waals surface area contributed by atoms with Gasteiger partial charge in [0.2, 0.25) is 0 Å². The fraction of sp³-hybridized carbons (Fsp3) is 0.125. The molecule has 22 heavy (non-hydrogen) atoms. The highest BCUT2D eigenvalue weighted by molar-refractivity contribution is 5.97. The first-order chi connectivity index (χ1) is 10.6. The number of benzene rings is 2. The van der Waals surface area contributed by atoms with Crippen molar-refractivity contribution in [3.8, 4) is 11.5 Å². The summed E-state index contributed by atoms with van der Waals surface area (Å²) in [5.74, 6) is -0.537. The summed E-state index contributed by atoms with van der Waals surface area (Å²) in [6.07, 6.45) is 0. The van der Waals surface area contributed by atoms with E-state index < -0.39 is 5.91 Å². The Balaban J connectivity index is 2.04. The molecular formula is C16H16N2O4. The largest absolute Gasteiger partial charge is 0.508 e. The van der Waals surface area contributed by atoms with Crippen LogP contribution in [0.25, 0.3) is 0 Å². The molecule has 0 bridgehead atoms. The molecule has 114 valence electrons. The van der Waals surface area contributed by atoms with Gasteiger partial charge in [-0.3, -0.25) is 9.59 Å². The number of carbonyl (C=O) groups excluding carboxylic acids is 2. The van der Waals surface area contributed by atoms with Gasteiger partial charge in [-0.2, -0.15) is 0 Å². The maximum atomic E-state index is 12.2. The molecule has 0 aliphatic carbocycles. The van der Waals surface area contributed by atoms with Crippen LogP contribution in [0, 0.1) is 0 Å². The van der Waals surface area contributed by atoms with Crippen molar-refractivity contribution in [1.29, 1.82) is 0 Å². The van der Waals surface area contributed by atoms with Crippen LogP contribution < -0.4 is 15.8 Å². The van der Waals surface area contributed by atoms with Gasteiger partial charge in [-0.05, 0) is 29.8 Å². The van der Waals surface area contributed by atoms with Gasteiger partial charge in [0.1, 0.15) is 11.5 Å². The van der Waals surface area contributed by atoms with E-state index in [1.807, 2.05) is 0 Å². The van der Waals surface area contributed by atoms with E-state index in [1.54, 1.807) is 48.5 Å². The second kappa shape index (κ2) is 7.12. The smallest absolute Gasteiger partial charge is 0.255 e. The number of para-hydroxylation sites is 1. The number of amides is 2. The molecule has 2 rings (SSSR count). The van der Waals surface area contributed by atoms with Gasteiger partial charge in [0.05, 0.1) is 5.56 Å².